The first-order valence-corrected chi connectivity index (χ1v) is 7.83. The highest BCUT2D eigenvalue weighted by molar-refractivity contribution is 5.24. The largest absolute Gasteiger partial charge is 0.271 e. The lowest BCUT2D eigenvalue weighted by atomic mass is 10.0. The Kier molecular flexibility index (Phi) is 8.52. The van der Waals surface area contributed by atoms with Gasteiger partial charge >= 0.3 is 0 Å². The van der Waals surface area contributed by atoms with Crippen LogP contribution < -0.4 is 11.3 Å². The Morgan fingerprint density at radius 1 is 0.947 bits per heavy atom. The summed E-state index contributed by atoms with van der Waals surface area (Å²) in [6.07, 6.45) is 10.8. The minimum Gasteiger partial charge on any atom is -0.271 e. The van der Waals surface area contributed by atoms with Crippen molar-refractivity contribution < 1.29 is 0 Å². The molecule has 1 aromatic rings. The lowest BCUT2D eigenvalue weighted by molar-refractivity contribution is 0.588. The fourth-order valence-corrected chi connectivity index (χ4v) is 2.36. The van der Waals surface area contributed by atoms with E-state index in [9.17, 15) is 0 Å². The van der Waals surface area contributed by atoms with E-state index in [1.165, 1.54) is 62.5 Å². The average Bonchev–Trinajstić information content (AvgIpc) is 2.46. The number of rotatable bonds is 10. The monoisotopic (exact) mass is 262 g/mol. The molecule has 0 saturated heterocycles. The molecule has 0 unspecified atom stereocenters. The molecule has 0 radical (unpaired) electrons. The number of hydrogen-bond acceptors (Lipinski definition) is 2. The highest BCUT2D eigenvalue weighted by Crippen LogP contribution is 2.15. The van der Waals surface area contributed by atoms with Crippen molar-refractivity contribution in [3.8, 4) is 0 Å². The molecular formula is C17H30N2. The van der Waals surface area contributed by atoms with E-state index < -0.39 is 0 Å². The van der Waals surface area contributed by atoms with E-state index in [0.717, 1.165) is 0 Å². The third-order valence-electron chi connectivity index (χ3n) is 3.80. The van der Waals surface area contributed by atoms with E-state index in [-0.39, 0.29) is 6.04 Å². The zero-order chi connectivity index (χ0) is 13.9. The lowest BCUT2D eigenvalue weighted by Gasteiger charge is -2.10. The Balaban J connectivity index is 2.16. The topological polar surface area (TPSA) is 38.0 Å². The van der Waals surface area contributed by atoms with Crippen LogP contribution in [-0.4, -0.2) is 0 Å². The molecule has 0 bridgehead atoms. The average molecular weight is 262 g/mol. The van der Waals surface area contributed by atoms with Gasteiger partial charge in [-0.25, -0.2) is 0 Å². The number of nitrogens with two attached hydrogens (primary N) is 1. The van der Waals surface area contributed by atoms with Crippen LogP contribution in [0.25, 0.3) is 0 Å². The Labute approximate surface area is 118 Å². The SMILES string of the molecule is CCCCCCCCCc1ccc([C@H](C)NN)cc1. The van der Waals surface area contributed by atoms with Crippen LogP contribution in [0, 0.1) is 0 Å². The van der Waals surface area contributed by atoms with Gasteiger partial charge in [0.25, 0.3) is 0 Å². The zero-order valence-corrected chi connectivity index (χ0v) is 12.6. The quantitative estimate of drug-likeness (QED) is 0.370. The number of benzene rings is 1. The van der Waals surface area contributed by atoms with Crippen LogP contribution >= 0.6 is 0 Å². The predicted octanol–water partition coefficient (Wildman–Crippen LogP) is 4.50. The Hall–Kier alpha value is -0.860. The fourth-order valence-electron chi connectivity index (χ4n) is 2.36. The van der Waals surface area contributed by atoms with Crippen LogP contribution in [0.2, 0.25) is 0 Å². The Morgan fingerprint density at radius 3 is 2.11 bits per heavy atom. The molecule has 3 N–H and O–H groups in total. The molecule has 0 fully saturated rings. The Bertz CT molecular complexity index is 319. The molecule has 1 atom stereocenters. The van der Waals surface area contributed by atoms with Gasteiger partial charge < -0.3 is 0 Å². The summed E-state index contributed by atoms with van der Waals surface area (Å²) in [5.41, 5.74) is 5.48. The molecule has 1 aromatic carbocycles. The first kappa shape index (κ1) is 16.2. The summed E-state index contributed by atoms with van der Waals surface area (Å²) < 4.78 is 0. The first-order chi connectivity index (χ1) is 9.27. The maximum Gasteiger partial charge on any atom is 0.0431 e. The van der Waals surface area contributed by atoms with E-state index in [1.54, 1.807) is 0 Å². The van der Waals surface area contributed by atoms with E-state index in [1.807, 2.05) is 0 Å². The predicted molar refractivity (Wildman–Crippen MR) is 83.9 cm³/mol. The summed E-state index contributed by atoms with van der Waals surface area (Å²) >= 11 is 0. The van der Waals surface area contributed by atoms with Crippen molar-refractivity contribution in [2.45, 2.75) is 71.3 Å². The van der Waals surface area contributed by atoms with Gasteiger partial charge in [0.15, 0.2) is 0 Å². The normalized spacial score (nSPS) is 12.6. The molecule has 2 nitrogen and oxygen atoms in total. The maximum atomic E-state index is 5.44. The molecule has 0 amide bonds. The molecule has 0 spiro atoms. The fraction of sp³-hybridized carbons (Fsp3) is 0.647. The van der Waals surface area contributed by atoms with E-state index in [4.69, 9.17) is 5.84 Å². The van der Waals surface area contributed by atoms with Crippen molar-refractivity contribution >= 4 is 0 Å². The number of aryl methyl sites for hydroxylation is 1. The van der Waals surface area contributed by atoms with Gasteiger partial charge in [-0.3, -0.25) is 11.3 Å². The van der Waals surface area contributed by atoms with Crippen molar-refractivity contribution in [3.63, 3.8) is 0 Å². The molecule has 19 heavy (non-hydrogen) atoms. The van der Waals surface area contributed by atoms with Gasteiger partial charge in [-0.05, 0) is 30.9 Å². The third kappa shape index (κ3) is 6.74. The molecule has 0 heterocycles. The third-order valence-corrected chi connectivity index (χ3v) is 3.80. The van der Waals surface area contributed by atoms with Crippen molar-refractivity contribution in [1.82, 2.24) is 5.43 Å². The van der Waals surface area contributed by atoms with Gasteiger partial charge in [0.05, 0.1) is 0 Å². The summed E-state index contributed by atoms with van der Waals surface area (Å²) in [5.74, 6) is 5.44. The van der Waals surface area contributed by atoms with Gasteiger partial charge in [0.1, 0.15) is 0 Å². The highest BCUT2D eigenvalue weighted by Gasteiger charge is 2.02. The molecule has 0 aromatic heterocycles. The molecule has 0 saturated carbocycles. The molecular weight excluding hydrogens is 232 g/mol. The summed E-state index contributed by atoms with van der Waals surface area (Å²) in [6.45, 7) is 4.34. The van der Waals surface area contributed by atoms with Crippen LogP contribution in [0.1, 0.15) is 76.0 Å². The summed E-state index contributed by atoms with van der Waals surface area (Å²) in [5, 5.41) is 0. The van der Waals surface area contributed by atoms with Crippen LogP contribution in [0.15, 0.2) is 24.3 Å². The summed E-state index contributed by atoms with van der Waals surface area (Å²) in [4.78, 5) is 0. The smallest absolute Gasteiger partial charge is 0.0431 e. The van der Waals surface area contributed by atoms with Crippen molar-refractivity contribution in [1.29, 1.82) is 0 Å². The van der Waals surface area contributed by atoms with Crippen LogP contribution in [0.5, 0.6) is 0 Å². The summed E-state index contributed by atoms with van der Waals surface area (Å²) in [6, 6.07) is 9.07. The second-order valence-electron chi connectivity index (χ2n) is 5.50. The minimum absolute atomic E-state index is 0.229. The van der Waals surface area contributed by atoms with Crippen molar-refractivity contribution in [2.75, 3.05) is 0 Å². The van der Waals surface area contributed by atoms with Gasteiger partial charge in [-0.15, -0.1) is 0 Å². The molecule has 0 aliphatic carbocycles. The van der Waals surface area contributed by atoms with Gasteiger partial charge in [0.2, 0.25) is 0 Å². The van der Waals surface area contributed by atoms with Crippen LogP contribution in [0.3, 0.4) is 0 Å². The zero-order valence-electron chi connectivity index (χ0n) is 12.6. The number of unbranched alkanes of at least 4 members (excludes halogenated alkanes) is 6. The van der Waals surface area contributed by atoms with E-state index in [0.29, 0.717) is 0 Å². The van der Waals surface area contributed by atoms with Gasteiger partial charge in [-0.2, -0.15) is 0 Å². The Morgan fingerprint density at radius 2 is 1.53 bits per heavy atom. The second kappa shape index (κ2) is 9.99. The second-order valence-corrected chi connectivity index (χ2v) is 5.50. The molecule has 0 aliphatic rings. The highest BCUT2D eigenvalue weighted by atomic mass is 15.2. The molecule has 0 aliphatic heterocycles. The van der Waals surface area contributed by atoms with Crippen LogP contribution in [0.4, 0.5) is 0 Å². The number of hydrazine groups is 1. The van der Waals surface area contributed by atoms with E-state index in [2.05, 4.69) is 43.5 Å². The van der Waals surface area contributed by atoms with E-state index >= 15 is 0 Å². The van der Waals surface area contributed by atoms with Gasteiger partial charge in [0, 0.05) is 6.04 Å². The number of hydrogen-bond donors (Lipinski definition) is 2. The standard InChI is InChI=1S/C17H30N2/c1-3-4-5-6-7-8-9-10-16-11-13-17(14-12-16)15(2)19-18/h11-15,19H,3-10,18H2,1-2H3/t15-/m0/s1. The van der Waals surface area contributed by atoms with Gasteiger partial charge in [-0.1, -0.05) is 69.7 Å². The van der Waals surface area contributed by atoms with Crippen molar-refractivity contribution in [2.24, 2.45) is 5.84 Å². The minimum atomic E-state index is 0.229. The maximum absolute atomic E-state index is 5.44. The number of nitrogens with one attached hydrogen (secondary N) is 1. The first-order valence-electron chi connectivity index (χ1n) is 7.83. The summed E-state index contributed by atoms with van der Waals surface area (Å²) in [7, 11) is 0. The lowest BCUT2D eigenvalue weighted by Crippen LogP contribution is -2.25. The molecule has 108 valence electrons. The molecule has 1 rings (SSSR count). The van der Waals surface area contributed by atoms with Crippen molar-refractivity contribution in [3.05, 3.63) is 35.4 Å². The van der Waals surface area contributed by atoms with Crippen LogP contribution in [-0.2, 0) is 6.42 Å². The molecule has 2 heteroatoms.